The summed E-state index contributed by atoms with van der Waals surface area (Å²) in [5.41, 5.74) is 0. The third kappa shape index (κ3) is 13.3. The molecule has 0 aromatic carbocycles. The molecule has 2 heteroatoms. The van der Waals surface area contributed by atoms with Gasteiger partial charge in [0.05, 0.1) is 6.61 Å². The lowest BCUT2D eigenvalue weighted by Crippen LogP contribution is -2.25. The van der Waals surface area contributed by atoms with Gasteiger partial charge in [-0.1, -0.05) is 85.5 Å². The number of unbranched alkanes of at least 4 members (excludes halogenated alkanes) is 7. The van der Waals surface area contributed by atoms with Gasteiger partial charge in [-0.05, 0) is 18.8 Å². The second-order valence-electron chi connectivity index (χ2n) is 6.93. The molecule has 0 heterocycles. The fourth-order valence-electron chi connectivity index (χ4n) is 2.77. The van der Waals surface area contributed by atoms with Crippen molar-refractivity contribution in [3.8, 4) is 0 Å². The lowest BCUT2D eigenvalue weighted by Gasteiger charge is -2.23. The van der Waals surface area contributed by atoms with Crippen molar-refractivity contribution >= 4 is 0 Å². The first kappa shape index (κ1) is 20.9. The summed E-state index contributed by atoms with van der Waals surface area (Å²) in [6.07, 6.45) is 13.5. The molecule has 21 heavy (non-hydrogen) atoms. The normalized spacial score (nSPS) is 14.6. The van der Waals surface area contributed by atoms with E-state index in [0.29, 0.717) is 18.4 Å². The average Bonchev–Trinajstić information content (AvgIpc) is 2.46. The van der Waals surface area contributed by atoms with Crippen molar-refractivity contribution in [3.05, 3.63) is 0 Å². The highest BCUT2D eigenvalue weighted by atomic mass is 16.6. The number of hydrogen-bond acceptors (Lipinski definition) is 2. The van der Waals surface area contributed by atoms with Crippen LogP contribution < -0.4 is 0 Å². The van der Waals surface area contributed by atoms with Crippen LogP contribution in [0.1, 0.15) is 98.3 Å². The first-order chi connectivity index (χ1) is 10.1. The minimum Gasteiger partial charge on any atom is -0.368 e. The molecule has 0 fully saturated rings. The molecule has 1 N–H and O–H groups in total. The molecule has 0 aromatic heterocycles. The molecular formula is C19H40O2. The maximum Gasteiger partial charge on any atom is 0.157 e. The van der Waals surface area contributed by atoms with Crippen LogP contribution in [0.2, 0.25) is 0 Å². The first-order valence-corrected chi connectivity index (χ1v) is 9.41. The number of hydrogen-bond donors (Lipinski definition) is 1. The Balaban J connectivity index is 3.68. The molecule has 0 aliphatic carbocycles. The molecule has 0 aromatic rings. The minimum atomic E-state index is -0.558. The largest absolute Gasteiger partial charge is 0.368 e. The molecule has 0 rings (SSSR count). The van der Waals surface area contributed by atoms with Gasteiger partial charge in [0, 0.05) is 5.92 Å². The van der Waals surface area contributed by atoms with Crippen LogP contribution in [0.3, 0.4) is 0 Å². The predicted octanol–water partition coefficient (Wildman–Crippen LogP) is 5.92. The van der Waals surface area contributed by atoms with Gasteiger partial charge in [0.25, 0.3) is 0 Å². The van der Waals surface area contributed by atoms with E-state index in [1.165, 1.54) is 51.4 Å². The van der Waals surface area contributed by atoms with Crippen molar-refractivity contribution in [2.75, 3.05) is 6.61 Å². The summed E-state index contributed by atoms with van der Waals surface area (Å²) < 4.78 is 5.60. The van der Waals surface area contributed by atoms with Gasteiger partial charge in [0.1, 0.15) is 0 Å². The van der Waals surface area contributed by atoms with E-state index in [0.717, 1.165) is 19.3 Å². The van der Waals surface area contributed by atoms with Crippen LogP contribution in [-0.2, 0) is 4.74 Å². The zero-order valence-corrected chi connectivity index (χ0v) is 15.1. The zero-order valence-electron chi connectivity index (χ0n) is 15.1. The van der Waals surface area contributed by atoms with Gasteiger partial charge in [-0.15, -0.1) is 0 Å². The molecular weight excluding hydrogens is 260 g/mol. The van der Waals surface area contributed by atoms with Gasteiger partial charge in [0.15, 0.2) is 6.29 Å². The quantitative estimate of drug-likeness (QED) is 0.300. The highest BCUT2D eigenvalue weighted by Gasteiger charge is 2.18. The van der Waals surface area contributed by atoms with E-state index in [9.17, 15) is 5.11 Å². The summed E-state index contributed by atoms with van der Waals surface area (Å²) in [5.74, 6) is 0.818. The van der Waals surface area contributed by atoms with Crippen molar-refractivity contribution in [2.45, 2.75) is 105 Å². The van der Waals surface area contributed by atoms with Crippen LogP contribution >= 0.6 is 0 Å². The maximum absolute atomic E-state index is 10.2. The summed E-state index contributed by atoms with van der Waals surface area (Å²) in [7, 11) is 0. The van der Waals surface area contributed by atoms with E-state index in [-0.39, 0.29) is 0 Å². The van der Waals surface area contributed by atoms with Crippen LogP contribution in [0.5, 0.6) is 0 Å². The van der Waals surface area contributed by atoms with Gasteiger partial charge in [-0.2, -0.15) is 0 Å². The Labute approximate surface area is 133 Å². The zero-order chi connectivity index (χ0) is 15.9. The number of aliphatic hydroxyl groups is 1. The lowest BCUT2D eigenvalue weighted by molar-refractivity contribution is -0.144. The minimum absolute atomic E-state index is 0.328. The SMILES string of the molecule is CCCCCCCCCCC(CCC)C(O)OCC(C)C. The molecule has 2 atom stereocenters. The Morgan fingerprint density at radius 2 is 1.33 bits per heavy atom. The van der Waals surface area contributed by atoms with Crippen LogP contribution in [0.4, 0.5) is 0 Å². The van der Waals surface area contributed by atoms with Crippen molar-refractivity contribution in [3.63, 3.8) is 0 Å². The Morgan fingerprint density at radius 1 is 0.762 bits per heavy atom. The molecule has 128 valence electrons. The van der Waals surface area contributed by atoms with Gasteiger partial charge in [-0.25, -0.2) is 0 Å². The second kappa shape index (κ2) is 14.8. The number of aliphatic hydroxyl groups excluding tert-OH is 1. The molecule has 0 saturated heterocycles. The van der Waals surface area contributed by atoms with Gasteiger partial charge in [0.2, 0.25) is 0 Å². The topological polar surface area (TPSA) is 29.5 Å². The second-order valence-corrected chi connectivity index (χ2v) is 6.93. The van der Waals surface area contributed by atoms with Gasteiger partial charge < -0.3 is 9.84 Å². The Kier molecular flexibility index (Phi) is 14.8. The summed E-state index contributed by atoms with van der Waals surface area (Å²) in [6.45, 7) is 9.37. The van der Waals surface area contributed by atoms with E-state index >= 15 is 0 Å². The molecule has 0 saturated carbocycles. The smallest absolute Gasteiger partial charge is 0.157 e. The Morgan fingerprint density at radius 3 is 1.86 bits per heavy atom. The summed E-state index contributed by atoms with van der Waals surface area (Å²) in [5, 5.41) is 10.2. The lowest BCUT2D eigenvalue weighted by atomic mass is 9.95. The summed E-state index contributed by atoms with van der Waals surface area (Å²) in [4.78, 5) is 0. The summed E-state index contributed by atoms with van der Waals surface area (Å²) >= 11 is 0. The van der Waals surface area contributed by atoms with E-state index in [4.69, 9.17) is 4.74 Å². The molecule has 0 aliphatic heterocycles. The van der Waals surface area contributed by atoms with E-state index in [2.05, 4.69) is 27.7 Å². The number of ether oxygens (including phenoxy) is 1. The fraction of sp³-hybridized carbons (Fsp3) is 1.00. The van der Waals surface area contributed by atoms with Crippen molar-refractivity contribution in [1.82, 2.24) is 0 Å². The number of rotatable bonds is 15. The predicted molar refractivity (Wildman–Crippen MR) is 92.4 cm³/mol. The molecule has 2 nitrogen and oxygen atoms in total. The highest BCUT2D eigenvalue weighted by Crippen LogP contribution is 2.21. The molecule has 0 radical (unpaired) electrons. The molecule has 0 aliphatic rings. The van der Waals surface area contributed by atoms with Crippen LogP contribution in [0.25, 0.3) is 0 Å². The Hall–Kier alpha value is -0.0800. The Bertz CT molecular complexity index is 204. The average molecular weight is 301 g/mol. The fourth-order valence-corrected chi connectivity index (χ4v) is 2.77. The van der Waals surface area contributed by atoms with E-state index in [1.807, 2.05) is 0 Å². The third-order valence-corrected chi connectivity index (χ3v) is 4.09. The monoisotopic (exact) mass is 300 g/mol. The first-order valence-electron chi connectivity index (χ1n) is 9.41. The molecule has 2 unspecified atom stereocenters. The molecule has 0 spiro atoms. The van der Waals surface area contributed by atoms with Gasteiger partial charge in [-0.3, -0.25) is 0 Å². The van der Waals surface area contributed by atoms with Crippen molar-refractivity contribution < 1.29 is 9.84 Å². The maximum atomic E-state index is 10.2. The van der Waals surface area contributed by atoms with Crippen LogP contribution in [-0.4, -0.2) is 18.0 Å². The summed E-state index contributed by atoms with van der Waals surface area (Å²) in [6, 6.07) is 0. The van der Waals surface area contributed by atoms with Gasteiger partial charge >= 0.3 is 0 Å². The third-order valence-electron chi connectivity index (χ3n) is 4.09. The van der Waals surface area contributed by atoms with Crippen molar-refractivity contribution in [2.24, 2.45) is 11.8 Å². The molecule has 0 amide bonds. The van der Waals surface area contributed by atoms with E-state index in [1.54, 1.807) is 0 Å². The molecule has 0 bridgehead atoms. The standard InChI is InChI=1S/C19H40O2/c1-5-7-8-9-10-11-12-13-15-18(14-6-2)19(20)21-16-17(3)4/h17-20H,5-16H2,1-4H3. The van der Waals surface area contributed by atoms with E-state index < -0.39 is 6.29 Å². The highest BCUT2D eigenvalue weighted by molar-refractivity contribution is 4.63. The van der Waals surface area contributed by atoms with Crippen molar-refractivity contribution in [1.29, 1.82) is 0 Å². The van der Waals surface area contributed by atoms with Crippen LogP contribution in [0, 0.1) is 11.8 Å². The van der Waals surface area contributed by atoms with Crippen LogP contribution in [0.15, 0.2) is 0 Å².